The van der Waals surface area contributed by atoms with E-state index in [2.05, 4.69) is 0 Å². The van der Waals surface area contributed by atoms with Crippen molar-refractivity contribution in [3.63, 3.8) is 0 Å². The topological polar surface area (TPSA) is 37.4 Å². The number of benzene rings is 1. The number of piperidine rings is 1. The van der Waals surface area contributed by atoms with Gasteiger partial charge < -0.3 is 0 Å². The molecule has 2 atom stereocenters. The van der Waals surface area contributed by atoms with E-state index in [1.54, 1.807) is 10.4 Å². The summed E-state index contributed by atoms with van der Waals surface area (Å²) in [5.74, 6) is 1.27. The van der Waals surface area contributed by atoms with E-state index >= 15 is 0 Å². The van der Waals surface area contributed by atoms with E-state index in [0.717, 1.165) is 24.2 Å². The Morgan fingerprint density at radius 3 is 2.41 bits per heavy atom. The molecule has 4 heteroatoms. The zero-order valence-electron chi connectivity index (χ0n) is 10.2. The van der Waals surface area contributed by atoms with Crippen molar-refractivity contribution in [2.24, 2.45) is 11.8 Å². The fourth-order valence-electron chi connectivity index (χ4n) is 2.78. The average Bonchev–Trinajstić information content (AvgIpc) is 2.85. The third kappa shape index (κ3) is 1.79. The molecule has 0 aromatic heterocycles. The maximum absolute atomic E-state index is 12.5. The van der Waals surface area contributed by atoms with Crippen LogP contribution in [0, 0.1) is 25.7 Å². The Bertz CT molecular complexity index is 555. The average molecular weight is 251 g/mol. The van der Waals surface area contributed by atoms with Gasteiger partial charge in [-0.1, -0.05) is 17.7 Å². The van der Waals surface area contributed by atoms with Crippen LogP contribution in [0.5, 0.6) is 0 Å². The van der Waals surface area contributed by atoms with E-state index in [1.165, 1.54) is 6.42 Å². The van der Waals surface area contributed by atoms with E-state index in [0.29, 0.717) is 16.7 Å². The van der Waals surface area contributed by atoms with Crippen LogP contribution in [0.15, 0.2) is 23.1 Å². The molecule has 0 amide bonds. The van der Waals surface area contributed by atoms with Crippen molar-refractivity contribution in [2.75, 3.05) is 13.1 Å². The van der Waals surface area contributed by atoms with Crippen LogP contribution < -0.4 is 0 Å². The van der Waals surface area contributed by atoms with E-state index in [1.807, 2.05) is 26.0 Å². The summed E-state index contributed by atoms with van der Waals surface area (Å²) in [5.41, 5.74) is 1.95. The molecule has 0 spiro atoms. The van der Waals surface area contributed by atoms with Gasteiger partial charge in [0.05, 0.1) is 4.90 Å². The lowest BCUT2D eigenvalue weighted by atomic mass is 10.2. The summed E-state index contributed by atoms with van der Waals surface area (Å²) in [6, 6.07) is 5.55. The van der Waals surface area contributed by atoms with Gasteiger partial charge in [0.2, 0.25) is 10.0 Å². The van der Waals surface area contributed by atoms with E-state index in [4.69, 9.17) is 0 Å². The van der Waals surface area contributed by atoms with Crippen molar-refractivity contribution in [1.29, 1.82) is 0 Å². The second-order valence-electron chi connectivity index (χ2n) is 5.35. The second kappa shape index (κ2) is 3.56. The van der Waals surface area contributed by atoms with Crippen LogP contribution in [0.3, 0.4) is 0 Å². The molecule has 2 aliphatic rings. The summed E-state index contributed by atoms with van der Waals surface area (Å²) in [6.45, 7) is 5.30. The first kappa shape index (κ1) is 11.2. The van der Waals surface area contributed by atoms with Crippen LogP contribution in [-0.4, -0.2) is 25.8 Å². The van der Waals surface area contributed by atoms with Crippen LogP contribution in [0.1, 0.15) is 17.5 Å². The Hall–Kier alpha value is -0.870. The minimum absolute atomic E-state index is 0.476. The second-order valence-corrected chi connectivity index (χ2v) is 7.25. The van der Waals surface area contributed by atoms with Crippen molar-refractivity contribution in [3.8, 4) is 0 Å². The SMILES string of the molecule is Cc1ccc(S(=O)(=O)N2CC3CC3C2)c(C)c1. The van der Waals surface area contributed by atoms with Gasteiger partial charge >= 0.3 is 0 Å². The molecule has 1 aromatic carbocycles. The third-order valence-electron chi connectivity index (χ3n) is 3.89. The lowest BCUT2D eigenvalue weighted by Crippen LogP contribution is -2.30. The van der Waals surface area contributed by atoms with E-state index in [9.17, 15) is 8.42 Å². The molecule has 17 heavy (non-hydrogen) atoms. The van der Waals surface area contributed by atoms with Gasteiger partial charge in [-0.15, -0.1) is 0 Å². The first-order valence-electron chi connectivity index (χ1n) is 6.06. The van der Waals surface area contributed by atoms with Crippen LogP contribution in [0.2, 0.25) is 0 Å². The van der Waals surface area contributed by atoms with Crippen LogP contribution in [-0.2, 0) is 10.0 Å². The maximum Gasteiger partial charge on any atom is 0.243 e. The molecular formula is C13H17NO2S. The fraction of sp³-hybridized carbons (Fsp3) is 0.538. The zero-order valence-corrected chi connectivity index (χ0v) is 11.0. The van der Waals surface area contributed by atoms with Gasteiger partial charge in [0.25, 0.3) is 0 Å². The Balaban J connectivity index is 1.96. The zero-order chi connectivity index (χ0) is 12.2. The van der Waals surface area contributed by atoms with Crippen molar-refractivity contribution in [2.45, 2.75) is 25.2 Å². The predicted molar refractivity (Wildman–Crippen MR) is 66.3 cm³/mol. The van der Waals surface area contributed by atoms with Gasteiger partial charge in [0.1, 0.15) is 0 Å². The highest BCUT2D eigenvalue weighted by atomic mass is 32.2. The first-order chi connectivity index (χ1) is 7.98. The number of fused-ring (bicyclic) bond motifs is 1. The van der Waals surface area contributed by atoms with Gasteiger partial charge in [-0.2, -0.15) is 4.31 Å². The molecule has 92 valence electrons. The van der Waals surface area contributed by atoms with Gasteiger partial charge in [0, 0.05) is 13.1 Å². The molecular weight excluding hydrogens is 234 g/mol. The molecule has 1 heterocycles. The fourth-order valence-corrected chi connectivity index (χ4v) is 4.54. The Labute approximate surface area is 102 Å². The number of rotatable bonds is 2. The van der Waals surface area contributed by atoms with Crippen LogP contribution in [0.25, 0.3) is 0 Å². The summed E-state index contributed by atoms with van der Waals surface area (Å²) < 4.78 is 26.6. The maximum atomic E-state index is 12.5. The highest BCUT2D eigenvalue weighted by Crippen LogP contribution is 2.46. The van der Waals surface area contributed by atoms with Gasteiger partial charge in [-0.05, 0) is 43.7 Å². The van der Waals surface area contributed by atoms with Gasteiger partial charge in [-0.25, -0.2) is 8.42 Å². The minimum Gasteiger partial charge on any atom is -0.207 e. The third-order valence-corrected chi connectivity index (χ3v) is 5.89. The largest absolute Gasteiger partial charge is 0.243 e. The Morgan fingerprint density at radius 2 is 1.82 bits per heavy atom. The lowest BCUT2D eigenvalue weighted by Gasteiger charge is -2.19. The summed E-state index contributed by atoms with van der Waals surface area (Å²) >= 11 is 0. The molecule has 1 saturated heterocycles. The Kier molecular flexibility index (Phi) is 2.35. The number of hydrogen-bond acceptors (Lipinski definition) is 2. The smallest absolute Gasteiger partial charge is 0.207 e. The van der Waals surface area contributed by atoms with Crippen molar-refractivity contribution in [1.82, 2.24) is 4.31 Å². The molecule has 0 N–H and O–H groups in total. The summed E-state index contributed by atoms with van der Waals surface area (Å²) in [7, 11) is -3.26. The molecule has 0 bridgehead atoms. The predicted octanol–water partition coefficient (Wildman–Crippen LogP) is 1.94. The number of hydrogen-bond donors (Lipinski definition) is 0. The van der Waals surface area contributed by atoms with Crippen LogP contribution in [0.4, 0.5) is 0 Å². The lowest BCUT2D eigenvalue weighted by molar-refractivity contribution is 0.442. The molecule has 3 nitrogen and oxygen atoms in total. The monoisotopic (exact) mass is 251 g/mol. The molecule has 1 aliphatic heterocycles. The van der Waals surface area contributed by atoms with Gasteiger partial charge in [0.15, 0.2) is 0 Å². The molecule has 2 fully saturated rings. The van der Waals surface area contributed by atoms with E-state index in [-0.39, 0.29) is 0 Å². The molecule has 1 saturated carbocycles. The number of nitrogens with zero attached hydrogens (tertiary/aromatic N) is 1. The molecule has 1 aromatic rings. The number of aryl methyl sites for hydroxylation is 2. The molecule has 3 rings (SSSR count). The first-order valence-corrected chi connectivity index (χ1v) is 7.50. The summed E-state index contributed by atoms with van der Waals surface area (Å²) in [6.07, 6.45) is 1.22. The van der Waals surface area contributed by atoms with Crippen LogP contribution >= 0.6 is 0 Å². The highest BCUT2D eigenvalue weighted by Gasteiger charge is 2.49. The van der Waals surface area contributed by atoms with Crippen molar-refractivity contribution in [3.05, 3.63) is 29.3 Å². The van der Waals surface area contributed by atoms with E-state index < -0.39 is 10.0 Å². The van der Waals surface area contributed by atoms with Crippen molar-refractivity contribution < 1.29 is 8.42 Å². The summed E-state index contributed by atoms with van der Waals surface area (Å²) in [5, 5.41) is 0. The number of sulfonamides is 1. The van der Waals surface area contributed by atoms with Gasteiger partial charge in [-0.3, -0.25) is 0 Å². The highest BCUT2D eigenvalue weighted by molar-refractivity contribution is 7.89. The molecule has 0 radical (unpaired) electrons. The van der Waals surface area contributed by atoms with Crippen molar-refractivity contribution >= 4 is 10.0 Å². The quantitative estimate of drug-likeness (QED) is 0.805. The normalized spacial score (nSPS) is 28.1. The Morgan fingerprint density at radius 1 is 1.18 bits per heavy atom. The summed E-state index contributed by atoms with van der Waals surface area (Å²) in [4.78, 5) is 0.476. The molecule has 1 aliphatic carbocycles. The standard InChI is InChI=1S/C13H17NO2S/c1-9-3-4-13(10(2)5-9)17(15,16)14-7-11-6-12(11)8-14/h3-5,11-12H,6-8H2,1-2H3. The minimum atomic E-state index is -3.26. The molecule has 2 unspecified atom stereocenters.